The van der Waals surface area contributed by atoms with Gasteiger partial charge in [0, 0.05) is 12.8 Å². The van der Waals surface area contributed by atoms with Crippen molar-refractivity contribution >= 4 is 11.9 Å². The number of carbonyl (C=O) groups is 2. The van der Waals surface area contributed by atoms with Crippen LogP contribution in [-0.4, -0.2) is 61.2 Å². The van der Waals surface area contributed by atoms with Crippen molar-refractivity contribution < 1.29 is 80.5 Å². The molecule has 35 heavy (non-hydrogen) atoms. The summed E-state index contributed by atoms with van der Waals surface area (Å²) in [6.45, 7) is -5.04. The van der Waals surface area contributed by atoms with Gasteiger partial charge in [-0.25, -0.2) is 0 Å². The second-order valence-corrected chi connectivity index (χ2v) is 7.14. The summed E-state index contributed by atoms with van der Waals surface area (Å²) in [7, 11) is 0. The zero-order chi connectivity index (χ0) is 27.9. The van der Waals surface area contributed by atoms with Gasteiger partial charge in [0.05, 0.1) is 0 Å². The Morgan fingerprint density at radius 2 is 0.714 bits per heavy atom. The van der Waals surface area contributed by atoms with Crippen molar-refractivity contribution in [1.82, 2.24) is 0 Å². The van der Waals surface area contributed by atoms with Gasteiger partial charge in [-0.2, -0.15) is 61.5 Å². The first-order valence-electron chi connectivity index (χ1n) is 9.45. The van der Waals surface area contributed by atoms with Crippen molar-refractivity contribution in [2.75, 3.05) is 13.2 Å². The molecule has 0 aliphatic carbocycles. The molecule has 0 atom stereocenters. The van der Waals surface area contributed by atoms with Crippen LogP contribution in [0.4, 0.5) is 61.5 Å². The minimum absolute atomic E-state index is 0.108. The first-order chi connectivity index (χ1) is 15.5. The molecule has 0 heterocycles. The number of hydrogen-bond donors (Lipinski definition) is 0. The molecule has 0 unspecified atom stereocenters. The number of esters is 2. The van der Waals surface area contributed by atoms with Crippen molar-refractivity contribution in [1.29, 1.82) is 0 Å². The van der Waals surface area contributed by atoms with Crippen LogP contribution in [0.15, 0.2) is 0 Å². The maximum Gasteiger partial charge on any atom is 0.460 e. The first-order valence-corrected chi connectivity index (χ1v) is 9.45. The molecule has 0 N–H and O–H groups in total. The highest BCUT2D eigenvalue weighted by molar-refractivity contribution is 5.69. The van der Waals surface area contributed by atoms with Crippen LogP contribution in [0.1, 0.15) is 44.9 Å². The van der Waals surface area contributed by atoms with E-state index in [1.54, 1.807) is 0 Å². The SMILES string of the molecule is O=C(CCCCCCCC(=O)OCC(F)(F)C(F)(F)C(F)(F)F)OCC(F)(F)C(F)(F)C(F)(F)F. The minimum atomic E-state index is -6.58. The van der Waals surface area contributed by atoms with Gasteiger partial charge in [0.2, 0.25) is 0 Å². The van der Waals surface area contributed by atoms with Crippen LogP contribution in [0, 0.1) is 0 Å². The lowest BCUT2D eigenvalue weighted by Crippen LogP contribution is -2.54. The molecule has 0 saturated heterocycles. The van der Waals surface area contributed by atoms with Crippen molar-refractivity contribution in [2.24, 2.45) is 0 Å². The van der Waals surface area contributed by atoms with Gasteiger partial charge < -0.3 is 9.47 Å². The summed E-state index contributed by atoms with van der Waals surface area (Å²) in [5.74, 6) is -27.3. The first kappa shape index (κ1) is 33.0. The summed E-state index contributed by atoms with van der Waals surface area (Å²) < 4.78 is 181. The maximum absolute atomic E-state index is 13.0. The molecule has 0 amide bonds. The zero-order valence-corrected chi connectivity index (χ0v) is 17.3. The Morgan fingerprint density at radius 1 is 0.457 bits per heavy atom. The molecule has 0 aromatic heterocycles. The highest BCUT2D eigenvalue weighted by Gasteiger charge is 2.74. The Labute approximate surface area is 187 Å². The largest absolute Gasteiger partial charge is 0.460 e. The lowest BCUT2D eigenvalue weighted by molar-refractivity contribution is -0.360. The molecule has 18 heteroatoms. The molecular weight excluding hydrogens is 534 g/mol. The number of unbranched alkanes of at least 4 members (excludes halogenated alkanes) is 4. The van der Waals surface area contributed by atoms with Crippen LogP contribution in [0.3, 0.4) is 0 Å². The number of alkyl halides is 14. The fraction of sp³-hybridized carbons (Fsp3) is 0.882. The summed E-state index contributed by atoms with van der Waals surface area (Å²) in [6, 6.07) is 0. The molecule has 208 valence electrons. The lowest BCUT2D eigenvalue weighted by atomic mass is 10.1. The van der Waals surface area contributed by atoms with Crippen molar-refractivity contribution in [3.63, 3.8) is 0 Å². The topological polar surface area (TPSA) is 52.6 Å². The van der Waals surface area contributed by atoms with E-state index in [0.717, 1.165) is 0 Å². The van der Waals surface area contributed by atoms with E-state index in [4.69, 9.17) is 0 Å². The van der Waals surface area contributed by atoms with E-state index in [9.17, 15) is 71.1 Å². The number of carbonyl (C=O) groups excluding carboxylic acids is 2. The van der Waals surface area contributed by atoms with E-state index in [1.807, 2.05) is 0 Å². The van der Waals surface area contributed by atoms with Gasteiger partial charge in [-0.1, -0.05) is 19.3 Å². The Balaban J connectivity index is 4.14. The molecule has 0 saturated carbocycles. The quantitative estimate of drug-likeness (QED) is 0.141. The Bertz CT molecular complexity index is 642. The smallest absolute Gasteiger partial charge is 0.459 e. The Kier molecular flexibility index (Phi) is 11.1. The lowest BCUT2D eigenvalue weighted by Gasteiger charge is -2.27. The van der Waals surface area contributed by atoms with Crippen LogP contribution >= 0.6 is 0 Å². The molecule has 0 aliphatic rings. The fourth-order valence-corrected chi connectivity index (χ4v) is 2.15. The van der Waals surface area contributed by atoms with Crippen LogP contribution in [0.2, 0.25) is 0 Å². The van der Waals surface area contributed by atoms with Gasteiger partial charge in [-0.15, -0.1) is 0 Å². The highest BCUT2D eigenvalue weighted by Crippen LogP contribution is 2.47. The van der Waals surface area contributed by atoms with Crippen LogP contribution in [-0.2, 0) is 19.1 Å². The van der Waals surface area contributed by atoms with E-state index in [2.05, 4.69) is 9.47 Å². The molecule has 0 rings (SSSR count). The third-order valence-electron chi connectivity index (χ3n) is 4.22. The van der Waals surface area contributed by atoms with E-state index >= 15 is 0 Å². The average Bonchev–Trinajstić information content (AvgIpc) is 2.68. The van der Waals surface area contributed by atoms with E-state index in [-0.39, 0.29) is 32.1 Å². The summed E-state index contributed by atoms with van der Waals surface area (Å²) in [4.78, 5) is 22.4. The predicted molar refractivity (Wildman–Crippen MR) is 86.1 cm³/mol. The highest BCUT2D eigenvalue weighted by atomic mass is 19.4. The van der Waals surface area contributed by atoms with Gasteiger partial charge in [-0.05, 0) is 12.8 Å². The number of halogens is 14. The molecule has 4 nitrogen and oxygen atoms in total. The van der Waals surface area contributed by atoms with E-state index in [0.29, 0.717) is 0 Å². The van der Waals surface area contributed by atoms with Gasteiger partial charge >= 0.3 is 48.0 Å². The maximum atomic E-state index is 13.0. The second kappa shape index (κ2) is 11.8. The Hall–Kier alpha value is -2.04. The number of rotatable bonds is 14. The third-order valence-corrected chi connectivity index (χ3v) is 4.22. The normalized spacial score (nSPS) is 14.1. The minimum Gasteiger partial charge on any atom is -0.459 e. The zero-order valence-electron chi connectivity index (χ0n) is 17.3. The average molecular weight is 552 g/mol. The molecule has 0 radical (unpaired) electrons. The van der Waals surface area contributed by atoms with Crippen molar-refractivity contribution in [2.45, 2.75) is 81.0 Å². The van der Waals surface area contributed by atoms with Crippen molar-refractivity contribution in [3.8, 4) is 0 Å². The van der Waals surface area contributed by atoms with Crippen LogP contribution < -0.4 is 0 Å². The van der Waals surface area contributed by atoms with Gasteiger partial charge in [0.1, 0.15) is 0 Å². The Morgan fingerprint density at radius 3 is 0.971 bits per heavy atom. The molecule has 0 aromatic rings. The number of hydrogen-bond acceptors (Lipinski definition) is 4. The summed E-state index contributed by atoms with van der Waals surface area (Å²) in [5, 5.41) is 0. The van der Waals surface area contributed by atoms with Crippen LogP contribution in [0.25, 0.3) is 0 Å². The molecule has 0 fully saturated rings. The molecule has 0 aliphatic heterocycles. The summed E-state index contributed by atoms with van der Waals surface area (Å²) >= 11 is 0. The molecule has 0 spiro atoms. The molecule has 0 aromatic carbocycles. The van der Waals surface area contributed by atoms with Gasteiger partial charge in [0.15, 0.2) is 13.2 Å². The third kappa shape index (κ3) is 9.16. The van der Waals surface area contributed by atoms with Gasteiger partial charge in [0.25, 0.3) is 0 Å². The predicted octanol–water partition coefficient (Wildman–Crippen LogP) is 6.47. The monoisotopic (exact) mass is 552 g/mol. The second-order valence-electron chi connectivity index (χ2n) is 7.14. The van der Waals surface area contributed by atoms with Crippen molar-refractivity contribution in [3.05, 3.63) is 0 Å². The van der Waals surface area contributed by atoms with E-state index < -0.39 is 74.0 Å². The fourth-order valence-electron chi connectivity index (χ4n) is 2.15. The standard InChI is InChI=1S/C17H18F14O4/c18-12(19,14(22,23)16(26,27)28)8-34-10(32)6-4-2-1-3-5-7-11(33)35-9-13(20,21)15(24,25)17(29,30)31/h1-9H2. The molecule has 0 bridgehead atoms. The van der Waals surface area contributed by atoms with Gasteiger partial charge in [-0.3, -0.25) is 9.59 Å². The van der Waals surface area contributed by atoms with Crippen LogP contribution in [0.5, 0.6) is 0 Å². The summed E-state index contributed by atoms with van der Waals surface area (Å²) in [6.07, 6.45) is -14.2. The van der Waals surface area contributed by atoms with E-state index in [1.165, 1.54) is 0 Å². The number of ether oxygens (including phenoxy) is 2. The molecular formula is C17H18F14O4. The summed E-state index contributed by atoms with van der Waals surface area (Å²) in [5.41, 5.74) is 0.